The van der Waals surface area contributed by atoms with E-state index >= 15 is 0 Å². The van der Waals surface area contributed by atoms with Crippen LogP contribution in [-0.2, 0) is 9.59 Å². The minimum atomic E-state index is -0.907. The van der Waals surface area contributed by atoms with Crippen LogP contribution in [0.25, 0.3) is 0 Å². The molecule has 0 atom stereocenters. The average molecular weight is 196 g/mol. The van der Waals surface area contributed by atoms with E-state index in [1.165, 1.54) is 19.2 Å². The highest BCUT2D eigenvalue weighted by molar-refractivity contribution is 5.84. The van der Waals surface area contributed by atoms with Gasteiger partial charge in [-0.2, -0.15) is 0 Å². The van der Waals surface area contributed by atoms with Gasteiger partial charge in [0, 0.05) is 0 Å². The van der Waals surface area contributed by atoms with Gasteiger partial charge in [-0.15, -0.1) is 0 Å². The van der Waals surface area contributed by atoms with E-state index in [1.54, 1.807) is 0 Å². The third-order valence-corrected chi connectivity index (χ3v) is 1.85. The highest BCUT2D eigenvalue weighted by Gasteiger charge is 2.11. The zero-order chi connectivity index (χ0) is 10.6. The molecule has 0 saturated carbocycles. The number of carbonyl (C=O) groups is 2. The van der Waals surface area contributed by atoms with Crippen LogP contribution in [0.3, 0.4) is 0 Å². The predicted molar refractivity (Wildman–Crippen MR) is 47.8 cm³/mol. The fraction of sp³-hybridized carbons (Fsp3) is 0.200. The van der Waals surface area contributed by atoms with Gasteiger partial charge in [-0.05, 0) is 17.7 Å². The van der Waals surface area contributed by atoms with Gasteiger partial charge in [-0.25, -0.2) is 4.39 Å². The van der Waals surface area contributed by atoms with Crippen LogP contribution in [0.4, 0.5) is 4.39 Å². The summed E-state index contributed by atoms with van der Waals surface area (Å²) in [6, 6.07) is 3.98. The Kier molecular flexibility index (Phi) is 3.34. The van der Waals surface area contributed by atoms with Crippen LogP contribution in [0.2, 0.25) is 0 Å². The quantitative estimate of drug-likeness (QED) is 0.538. The summed E-state index contributed by atoms with van der Waals surface area (Å²) < 4.78 is 17.8. The molecule has 3 nitrogen and oxygen atoms in total. The van der Waals surface area contributed by atoms with Crippen LogP contribution in [0, 0.1) is 5.82 Å². The second-order valence-corrected chi connectivity index (χ2v) is 2.69. The molecule has 0 radical (unpaired) electrons. The Morgan fingerprint density at radius 2 is 2.00 bits per heavy atom. The van der Waals surface area contributed by atoms with Gasteiger partial charge in [-0.3, -0.25) is 0 Å². The zero-order valence-corrected chi connectivity index (χ0v) is 7.57. The summed E-state index contributed by atoms with van der Waals surface area (Å²) in [5, 5.41) is 0. The van der Waals surface area contributed by atoms with Crippen molar-refractivity contribution in [1.29, 1.82) is 0 Å². The van der Waals surface area contributed by atoms with E-state index in [9.17, 15) is 14.0 Å². The van der Waals surface area contributed by atoms with Gasteiger partial charge in [0.25, 0.3) is 0 Å². The lowest BCUT2D eigenvalue weighted by Gasteiger charge is -2.05. The number of hydrogen-bond donors (Lipinski definition) is 0. The molecule has 0 saturated heterocycles. The minimum Gasteiger partial charge on any atom is -0.494 e. The molecule has 0 aliphatic heterocycles. The number of hydrogen-bond acceptors (Lipinski definition) is 3. The molecule has 0 unspecified atom stereocenters. The number of methoxy groups -OCH3 is 1. The number of carbonyl (C=O) groups excluding carboxylic acids is 2. The summed E-state index contributed by atoms with van der Waals surface area (Å²) >= 11 is 0. The molecule has 0 spiro atoms. The first-order valence-electron chi connectivity index (χ1n) is 3.97. The predicted octanol–water partition coefficient (Wildman–Crippen LogP) is 1.32. The van der Waals surface area contributed by atoms with Gasteiger partial charge in [0.1, 0.15) is 12.6 Å². The van der Waals surface area contributed by atoms with Crippen molar-refractivity contribution in [1.82, 2.24) is 0 Å². The van der Waals surface area contributed by atoms with E-state index in [1.807, 2.05) is 0 Å². The third-order valence-electron chi connectivity index (χ3n) is 1.85. The summed E-state index contributed by atoms with van der Waals surface area (Å²) in [7, 11) is 1.34. The van der Waals surface area contributed by atoms with Crippen LogP contribution < -0.4 is 4.74 Å². The Hall–Kier alpha value is -1.71. The first-order valence-corrected chi connectivity index (χ1v) is 3.97. The van der Waals surface area contributed by atoms with Crippen LogP contribution in [0.15, 0.2) is 18.2 Å². The lowest BCUT2D eigenvalue weighted by Crippen LogP contribution is -2.02. The van der Waals surface area contributed by atoms with Crippen molar-refractivity contribution in [3.63, 3.8) is 0 Å². The molecule has 4 heteroatoms. The molecule has 0 aliphatic carbocycles. The lowest BCUT2D eigenvalue weighted by atomic mass is 10.0. The SMILES string of the molecule is COc1ccc(C(C=O)C=O)cc1F. The molecule has 1 rings (SSSR count). The standard InChI is InChI=1S/C10H9FO3/c1-14-10-3-2-7(4-9(10)11)8(5-12)6-13/h2-6,8H,1H3. The summed E-state index contributed by atoms with van der Waals surface area (Å²) in [6.07, 6.45) is 0.933. The molecule has 0 aromatic heterocycles. The van der Waals surface area contributed by atoms with Crippen molar-refractivity contribution in [2.75, 3.05) is 7.11 Å². The Morgan fingerprint density at radius 3 is 2.43 bits per heavy atom. The maximum atomic E-state index is 13.1. The second kappa shape index (κ2) is 4.50. The molecular formula is C10H9FO3. The normalized spacial score (nSPS) is 9.93. The molecule has 74 valence electrons. The Balaban J connectivity index is 3.06. The van der Waals surface area contributed by atoms with E-state index in [0.29, 0.717) is 18.1 Å². The number of ether oxygens (including phenoxy) is 1. The van der Waals surface area contributed by atoms with E-state index in [0.717, 1.165) is 6.07 Å². The molecule has 1 aromatic rings. The molecule has 0 aliphatic rings. The molecule has 14 heavy (non-hydrogen) atoms. The fourth-order valence-electron chi connectivity index (χ4n) is 1.08. The lowest BCUT2D eigenvalue weighted by molar-refractivity contribution is -0.116. The van der Waals surface area contributed by atoms with Crippen molar-refractivity contribution in [2.24, 2.45) is 0 Å². The highest BCUT2D eigenvalue weighted by atomic mass is 19.1. The topological polar surface area (TPSA) is 43.4 Å². The largest absolute Gasteiger partial charge is 0.494 e. The zero-order valence-electron chi connectivity index (χ0n) is 7.57. The van der Waals surface area contributed by atoms with Gasteiger partial charge >= 0.3 is 0 Å². The van der Waals surface area contributed by atoms with E-state index in [4.69, 9.17) is 4.74 Å². The van der Waals surface area contributed by atoms with Crippen molar-refractivity contribution in [2.45, 2.75) is 5.92 Å². The van der Waals surface area contributed by atoms with Crippen molar-refractivity contribution in [3.05, 3.63) is 29.6 Å². The van der Waals surface area contributed by atoms with E-state index in [2.05, 4.69) is 0 Å². The Morgan fingerprint density at radius 1 is 1.36 bits per heavy atom. The number of benzene rings is 1. The minimum absolute atomic E-state index is 0.0873. The number of halogens is 1. The smallest absolute Gasteiger partial charge is 0.165 e. The average Bonchev–Trinajstić information content (AvgIpc) is 2.20. The molecule has 0 fully saturated rings. The third kappa shape index (κ3) is 1.96. The molecule has 0 amide bonds. The summed E-state index contributed by atoms with van der Waals surface area (Å²) in [4.78, 5) is 20.8. The molecule has 0 bridgehead atoms. The van der Waals surface area contributed by atoms with E-state index < -0.39 is 11.7 Å². The number of rotatable bonds is 4. The molecular weight excluding hydrogens is 187 g/mol. The highest BCUT2D eigenvalue weighted by Crippen LogP contribution is 2.21. The van der Waals surface area contributed by atoms with Crippen LogP contribution in [-0.4, -0.2) is 19.7 Å². The van der Waals surface area contributed by atoms with Gasteiger partial charge in [-0.1, -0.05) is 6.07 Å². The summed E-state index contributed by atoms with van der Waals surface area (Å²) in [5.41, 5.74) is 0.327. The van der Waals surface area contributed by atoms with Crippen LogP contribution in [0.1, 0.15) is 11.5 Å². The van der Waals surface area contributed by atoms with Crippen molar-refractivity contribution in [3.8, 4) is 5.75 Å². The van der Waals surface area contributed by atoms with Gasteiger partial charge in [0.2, 0.25) is 0 Å². The molecule has 1 aromatic carbocycles. The fourth-order valence-corrected chi connectivity index (χ4v) is 1.08. The maximum absolute atomic E-state index is 13.1. The first kappa shape index (κ1) is 10.4. The summed E-state index contributed by atoms with van der Waals surface area (Å²) in [6.45, 7) is 0. The molecule has 0 heterocycles. The monoisotopic (exact) mass is 196 g/mol. The van der Waals surface area contributed by atoms with Crippen LogP contribution in [0.5, 0.6) is 5.75 Å². The van der Waals surface area contributed by atoms with Crippen molar-refractivity contribution < 1.29 is 18.7 Å². The van der Waals surface area contributed by atoms with Gasteiger partial charge < -0.3 is 14.3 Å². The van der Waals surface area contributed by atoms with Crippen LogP contribution >= 0.6 is 0 Å². The number of aldehydes is 2. The Labute approximate surface area is 80.5 Å². The second-order valence-electron chi connectivity index (χ2n) is 2.69. The summed E-state index contributed by atoms with van der Waals surface area (Å²) in [5.74, 6) is -1.40. The van der Waals surface area contributed by atoms with Gasteiger partial charge in [0.05, 0.1) is 13.0 Å². The van der Waals surface area contributed by atoms with E-state index in [-0.39, 0.29) is 5.75 Å². The molecule has 0 N–H and O–H groups in total. The van der Waals surface area contributed by atoms with Gasteiger partial charge in [0.15, 0.2) is 11.6 Å². The Bertz CT molecular complexity index is 341. The maximum Gasteiger partial charge on any atom is 0.165 e. The van der Waals surface area contributed by atoms with Crippen molar-refractivity contribution >= 4 is 12.6 Å². The first-order chi connectivity index (χ1) is 6.72.